The van der Waals surface area contributed by atoms with E-state index >= 15 is 0 Å². The Morgan fingerprint density at radius 2 is 2.17 bits per heavy atom. The van der Waals surface area contributed by atoms with E-state index in [0.29, 0.717) is 13.4 Å². The van der Waals surface area contributed by atoms with Crippen molar-refractivity contribution >= 4 is 0 Å². The summed E-state index contributed by atoms with van der Waals surface area (Å²) in [6, 6.07) is 8.14. The van der Waals surface area contributed by atoms with Crippen LogP contribution in [-0.2, 0) is 15.9 Å². The second kappa shape index (κ2) is 12.8. The van der Waals surface area contributed by atoms with Crippen LogP contribution in [0.2, 0.25) is 0 Å². The van der Waals surface area contributed by atoms with Gasteiger partial charge in [0.15, 0.2) is 0 Å². The Hall–Kier alpha value is -1.62. The molecule has 0 aliphatic carbocycles. The van der Waals surface area contributed by atoms with Crippen LogP contribution in [0.1, 0.15) is 31.2 Å². The summed E-state index contributed by atoms with van der Waals surface area (Å²) >= 11 is 0. The SMILES string of the molecule is C=CC(O)CCC/C(=C/CCc1cccc(OC)c1)COCOC. The molecule has 1 unspecified atom stereocenters. The highest BCUT2D eigenvalue weighted by molar-refractivity contribution is 5.28. The van der Waals surface area contributed by atoms with Crippen LogP contribution in [0.3, 0.4) is 0 Å². The minimum absolute atomic E-state index is 0.294. The Morgan fingerprint density at radius 3 is 2.88 bits per heavy atom. The number of allylic oxidation sites excluding steroid dienone is 1. The Kier molecular flexibility index (Phi) is 10.9. The maximum atomic E-state index is 9.56. The fraction of sp³-hybridized carbons (Fsp3) is 0.500. The number of hydrogen-bond donors (Lipinski definition) is 1. The first-order valence-corrected chi connectivity index (χ1v) is 8.37. The molecule has 0 amide bonds. The standard InChI is InChI=1S/C20H30O4/c1-4-19(21)12-6-11-18(15-24-16-22-2)10-5-8-17-9-7-13-20(14-17)23-3/h4,7,9-10,13-14,19,21H,1,5-6,8,11-12,15-16H2,2-3H3/b18-10-. The van der Waals surface area contributed by atoms with Gasteiger partial charge in [-0.05, 0) is 55.4 Å². The number of hydrogen-bond acceptors (Lipinski definition) is 4. The van der Waals surface area contributed by atoms with Crippen LogP contribution in [0.4, 0.5) is 0 Å². The number of ether oxygens (including phenoxy) is 3. The van der Waals surface area contributed by atoms with Gasteiger partial charge in [0.2, 0.25) is 0 Å². The second-order valence-corrected chi connectivity index (χ2v) is 5.70. The third kappa shape index (κ3) is 8.87. The molecule has 1 atom stereocenters. The largest absolute Gasteiger partial charge is 0.497 e. The maximum absolute atomic E-state index is 9.56. The van der Waals surface area contributed by atoms with Crippen molar-refractivity contribution in [3.63, 3.8) is 0 Å². The molecule has 0 aliphatic rings. The number of rotatable bonds is 13. The van der Waals surface area contributed by atoms with Crippen molar-refractivity contribution in [1.29, 1.82) is 0 Å². The lowest BCUT2D eigenvalue weighted by atomic mass is 10.0. The molecule has 0 aromatic heterocycles. The van der Waals surface area contributed by atoms with Crippen LogP contribution in [0.15, 0.2) is 48.6 Å². The molecule has 0 radical (unpaired) electrons. The smallest absolute Gasteiger partial charge is 0.146 e. The lowest BCUT2D eigenvalue weighted by molar-refractivity contribution is -0.0219. The molecule has 0 fully saturated rings. The molecule has 0 bridgehead atoms. The van der Waals surface area contributed by atoms with Gasteiger partial charge in [-0.3, -0.25) is 0 Å². The summed E-state index contributed by atoms with van der Waals surface area (Å²) in [5, 5.41) is 9.56. The zero-order valence-electron chi connectivity index (χ0n) is 14.9. The van der Waals surface area contributed by atoms with E-state index in [2.05, 4.69) is 24.8 Å². The molecule has 1 rings (SSSR count). The van der Waals surface area contributed by atoms with Crippen LogP contribution >= 0.6 is 0 Å². The molecule has 24 heavy (non-hydrogen) atoms. The molecule has 4 nitrogen and oxygen atoms in total. The zero-order valence-corrected chi connectivity index (χ0v) is 14.9. The lowest BCUT2D eigenvalue weighted by Crippen LogP contribution is -2.05. The summed E-state index contributed by atoms with van der Waals surface area (Å²) in [4.78, 5) is 0. The average molecular weight is 334 g/mol. The van der Waals surface area contributed by atoms with Gasteiger partial charge in [0.05, 0.1) is 19.8 Å². The highest BCUT2D eigenvalue weighted by Crippen LogP contribution is 2.16. The van der Waals surface area contributed by atoms with Crippen molar-refractivity contribution < 1.29 is 19.3 Å². The minimum atomic E-state index is -0.428. The summed E-state index contributed by atoms with van der Waals surface area (Å²) in [5.74, 6) is 0.888. The average Bonchev–Trinajstić information content (AvgIpc) is 2.61. The molecule has 1 aromatic rings. The molecule has 1 N–H and O–H groups in total. The first-order valence-electron chi connectivity index (χ1n) is 8.37. The van der Waals surface area contributed by atoms with Crippen molar-refractivity contribution in [2.45, 2.75) is 38.2 Å². The highest BCUT2D eigenvalue weighted by atomic mass is 16.7. The predicted octanol–water partition coefficient (Wildman–Crippen LogP) is 3.89. The molecule has 1 aromatic carbocycles. The Labute approximate surface area is 145 Å². The molecule has 0 saturated carbocycles. The molecular formula is C20H30O4. The van der Waals surface area contributed by atoms with E-state index in [1.54, 1.807) is 20.3 Å². The van der Waals surface area contributed by atoms with Gasteiger partial charge in [-0.1, -0.05) is 24.3 Å². The molecule has 0 aliphatic heterocycles. The van der Waals surface area contributed by atoms with Gasteiger partial charge in [-0.25, -0.2) is 0 Å². The minimum Gasteiger partial charge on any atom is -0.497 e. The first-order chi connectivity index (χ1) is 11.7. The lowest BCUT2D eigenvalue weighted by Gasteiger charge is -2.10. The van der Waals surface area contributed by atoms with Crippen LogP contribution in [0.5, 0.6) is 5.75 Å². The third-order valence-corrected chi connectivity index (χ3v) is 3.76. The van der Waals surface area contributed by atoms with Crippen molar-refractivity contribution in [2.24, 2.45) is 0 Å². The quantitative estimate of drug-likeness (QED) is 0.338. The number of methoxy groups -OCH3 is 2. The first kappa shape index (κ1) is 20.4. The Balaban J connectivity index is 2.50. The number of aliphatic hydroxyl groups is 1. The maximum Gasteiger partial charge on any atom is 0.146 e. The van der Waals surface area contributed by atoms with E-state index in [1.165, 1.54) is 11.1 Å². The fourth-order valence-corrected chi connectivity index (χ4v) is 2.42. The summed E-state index contributed by atoms with van der Waals surface area (Å²) in [7, 11) is 3.30. The predicted molar refractivity (Wildman–Crippen MR) is 97.3 cm³/mol. The molecule has 0 heterocycles. The molecule has 0 spiro atoms. The normalized spacial score (nSPS) is 12.9. The molecule has 134 valence electrons. The summed E-state index contributed by atoms with van der Waals surface area (Å²) < 4.78 is 15.7. The number of aliphatic hydroxyl groups excluding tert-OH is 1. The van der Waals surface area contributed by atoms with Crippen LogP contribution < -0.4 is 4.74 Å². The van der Waals surface area contributed by atoms with Gasteiger partial charge in [0, 0.05) is 7.11 Å². The van der Waals surface area contributed by atoms with E-state index < -0.39 is 6.10 Å². The summed E-state index contributed by atoms with van der Waals surface area (Å²) in [6.07, 6.45) is 7.83. The van der Waals surface area contributed by atoms with Gasteiger partial charge in [-0.2, -0.15) is 0 Å². The molecule has 0 saturated heterocycles. The van der Waals surface area contributed by atoms with Crippen LogP contribution in [0.25, 0.3) is 0 Å². The topological polar surface area (TPSA) is 47.9 Å². The van der Waals surface area contributed by atoms with E-state index in [0.717, 1.165) is 37.9 Å². The van der Waals surface area contributed by atoms with Crippen molar-refractivity contribution in [2.75, 3.05) is 27.6 Å². The van der Waals surface area contributed by atoms with E-state index in [-0.39, 0.29) is 0 Å². The zero-order chi connectivity index (χ0) is 17.6. The van der Waals surface area contributed by atoms with E-state index in [1.807, 2.05) is 12.1 Å². The van der Waals surface area contributed by atoms with Crippen LogP contribution in [0, 0.1) is 0 Å². The Bertz CT molecular complexity index is 496. The van der Waals surface area contributed by atoms with E-state index in [9.17, 15) is 5.11 Å². The molecular weight excluding hydrogens is 304 g/mol. The van der Waals surface area contributed by atoms with Gasteiger partial charge in [0.1, 0.15) is 12.5 Å². The molecule has 4 heteroatoms. The van der Waals surface area contributed by atoms with Crippen LogP contribution in [-0.4, -0.2) is 38.8 Å². The van der Waals surface area contributed by atoms with E-state index in [4.69, 9.17) is 14.2 Å². The Morgan fingerprint density at radius 1 is 1.33 bits per heavy atom. The van der Waals surface area contributed by atoms with Gasteiger partial charge < -0.3 is 19.3 Å². The second-order valence-electron chi connectivity index (χ2n) is 5.70. The monoisotopic (exact) mass is 334 g/mol. The summed E-state index contributed by atoms with van der Waals surface area (Å²) in [6.45, 7) is 4.46. The van der Waals surface area contributed by atoms with Crippen molar-refractivity contribution in [1.82, 2.24) is 0 Å². The van der Waals surface area contributed by atoms with Gasteiger partial charge >= 0.3 is 0 Å². The van der Waals surface area contributed by atoms with Gasteiger partial charge in [0.25, 0.3) is 0 Å². The van der Waals surface area contributed by atoms with Crippen molar-refractivity contribution in [3.05, 3.63) is 54.1 Å². The fourth-order valence-electron chi connectivity index (χ4n) is 2.42. The summed E-state index contributed by atoms with van der Waals surface area (Å²) in [5.41, 5.74) is 2.50. The van der Waals surface area contributed by atoms with Gasteiger partial charge in [-0.15, -0.1) is 6.58 Å². The highest BCUT2D eigenvalue weighted by Gasteiger charge is 2.03. The third-order valence-electron chi connectivity index (χ3n) is 3.76. The number of benzene rings is 1. The number of aryl methyl sites for hydroxylation is 1. The van der Waals surface area contributed by atoms with Crippen molar-refractivity contribution in [3.8, 4) is 5.75 Å².